The standard InChI is InChI=1S/C42H64N4O9/c1-29(47)44-32(14-7-8-21-43)33(49)15-10-23-46(22-9-5-6-12-31(48)13-11-25-53-27-26-52-4)40(51)54-35-17-16-30-28-36-41(2)19-18-34(50)39-42(41,20-24-45(36)3)37(30)38(35)55-39/h16-17,32,36,39H,5-15,18-28,43H2,1-4H3,(H,44,47)/t32-,36+,39-,41-,42-/m0/s1. The highest BCUT2D eigenvalue weighted by molar-refractivity contribution is 5.90. The number of methoxy groups -OCH3 is 1. The van der Waals surface area contributed by atoms with Crippen LogP contribution in [0.15, 0.2) is 12.1 Å². The molecule has 13 nitrogen and oxygen atoms in total. The van der Waals surface area contributed by atoms with Gasteiger partial charge in [-0.25, -0.2) is 4.79 Å². The summed E-state index contributed by atoms with van der Waals surface area (Å²) in [6.45, 7) is 7.34. The number of likely N-dealkylation sites (N-methyl/N-ethyl adjacent to an activating group) is 1. The van der Waals surface area contributed by atoms with Crippen LogP contribution in [0.25, 0.3) is 0 Å². The van der Waals surface area contributed by atoms with Gasteiger partial charge in [0, 0.05) is 71.0 Å². The first-order valence-electron chi connectivity index (χ1n) is 20.6. The zero-order valence-corrected chi connectivity index (χ0v) is 33.6. The number of ether oxygens (including phenoxy) is 4. The number of nitrogens with two attached hydrogens (primary N) is 1. The molecule has 2 aliphatic carbocycles. The molecule has 0 radical (unpaired) electrons. The number of Topliss-reactive ketones (excluding diaryl/α,β-unsaturated/α-hetero) is 3. The van der Waals surface area contributed by atoms with Gasteiger partial charge in [-0.1, -0.05) is 19.4 Å². The Bertz CT molecular complexity index is 1540. The molecular weight excluding hydrogens is 704 g/mol. The SMILES string of the molecule is COCCOCCCC(=O)CCCCCN(CCCC(=O)[C@H](CCCCN)NC(C)=O)C(=O)Oc1ccc2c3c1O[C@H]1C(=O)CC[C@@]4(C)[C@@H](C2)N(C)CC[C@]314. The summed E-state index contributed by atoms with van der Waals surface area (Å²) in [5.74, 6) is 0.814. The van der Waals surface area contributed by atoms with Crippen molar-refractivity contribution in [1.29, 1.82) is 0 Å². The van der Waals surface area contributed by atoms with Gasteiger partial charge in [-0.3, -0.25) is 19.2 Å². The van der Waals surface area contributed by atoms with Crippen LogP contribution in [-0.4, -0.2) is 117 Å². The zero-order chi connectivity index (χ0) is 39.6. The predicted molar refractivity (Wildman–Crippen MR) is 207 cm³/mol. The largest absolute Gasteiger partial charge is 0.477 e. The van der Waals surface area contributed by atoms with Crippen LogP contribution in [0.5, 0.6) is 11.5 Å². The van der Waals surface area contributed by atoms with Crippen LogP contribution in [0.1, 0.15) is 115 Å². The molecule has 5 atom stereocenters. The molecule has 5 rings (SSSR count). The van der Waals surface area contributed by atoms with Gasteiger partial charge in [-0.2, -0.15) is 0 Å². The van der Waals surface area contributed by atoms with Gasteiger partial charge in [0.25, 0.3) is 0 Å². The number of amides is 2. The fourth-order valence-corrected chi connectivity index (χ4v) is 9.73. The zero-order valence-electron chi connectivity index (χ0n) is 33.6. The van der Waals surface area contributed by atoms with E-state index in [0.29, 0.717) is 102 Å². The van der Waals surface area contributed by atoms with Gasteiger partial charge >= 0.3 is 6.09 Å². The maximum absolute atomic E-state index is 14.0. The topological polar surface area (TPSA) is 167 Å². The maximum atomic E-state index is 14.0. The minimum absolute atomic E-state index is 0.0783. The lowest BCUT2D eigenvalue weighted by Gasteiger charge is -2.63. The van der Waals surface area contributed by atoms with Crippen LogP contribution in [0.2, 0.25) is 0 Å². The van der Waals surface area contributed by atoms with Crippen molar-refractivity contribution in [3.63, 3.8) is 0 Å². The number of benzene rings is 1. The molecule has 1 saturated heterocycles. The van der Waals surface area contributed by atoms with Crippen molar-refractivity contribution in [2.24, 2.45) is 11.1 Å². The smallest absolute Gasteiger partial charge is 0.415 e. The lowest BCUT2D eigenvalue weighted by atomic mass is 9.44. The molecule has 4 aliphatic rings. The van der Waals surface area contributed by atoms with E-state index in [9.17, 15) is 24.0 Å². The summed E-state index contributed by atoms with van der Waals surface area (Å²) in [6.07, 6.45) is 8.13. The summed E-state index contributed by atoms with van der Waals surface area (Å²) >= 11 is 0. The summed E-state index contributed by atoms with van der Waals surface area (Å²) < 4.78 is 23.2. The minimum atomic E-state index is -0.592. The average Bonchev–Trinajstić information content (AvgIpc) is 3.52. The number of hydrogen-bond donors (Lipinski definition) is 2. The minimum Gasteiger partial charge on any atom is -0.477 e. The van der Waals surface area contributed by atoms with E-state index >= 15 is 0 Å². The molecule has 0 unspecified atom stereocenters. The Hall–Kier alpha value is -3.39. The Kier molecular flexibility index (Phi) is 15.3. The monoisotopic (exact) mass is 768 g/mol. The predicted octanol–water partition coefficient (Wildman–Crippen LogP) is 4.67. The normalized spacial score (nSPS) is 24.1. The van der Waals surface area contributed by atoms with Crippen molar-refractivity contribution in [2.75, 3.05) is 60.2 Å². The van der Waals surface area contributed by atoms with Crippen molar-refractivity contribution < 1.29 is 42.9 Å². The van der Waals surface area contributed by atoms with Crippen LogP contribution in [0.4, 0.5) is 4.79 Å². The van der Waals surface area contributed by atoms with E-state index in [0.717, 1.165) is 56.2 Å². The number of piperidine rings is 1. The second-order valence-corrected chi connectivity index (χ2v) is 16.3. The molecular formula is C42H64N4O9. The molecule has 1 saturated carbocycles. The molecule has 1 aromatic carbocycles. The van der Waals surface area contributed by atoms with Crippen molar-refractivity contribution >= 4 is 29.4 Å². The van der Waals surface area contributed by atoms with E-state index in [1.807, 2.05) is 6.07 Å². The Labute approximate surface area is 326 Å². The van der Waals surface area contributed by atoms with Crippen molar-refractivity contribution in [2.45, 2.75) is 134 Å². The quantitative estimate of drug-likeness (QED) is 0.140. The van der Waals surface area contributed by atoms with E-state index in [2.05, 4.69) is 24.2 Å². The van der Waals surface area contributed by atoms with E-state index < -0.39 is 23.7 Å². The number of nitrogens with one attached hydrogen (secondary N) is 1. The van der Waals surface area contributed by atoms with Gasteiger partial charge in [0.15, 0.2) is 29.2 Å². The van der Waals surface area contributed by atoms with Crippen LogP contribution >= 0.6 is 0 Å². The summed E-state index contributed by atoms with van der Waals surface area (Å²) in [5, 5.41) is 2.78. The van der Waals surface area contributed by atoms with Crippen LogP contribution in [-0.2, 0) is 40.5 Å². The first-order valence-corrected chi connectivity index (χ1v) is 20.6. The molecule has 2 amide bonds. The highest BCUT2D eigenvalue weighted by Crippen LogP contribution is 2.68. The molecule has 306 valence electrons. The average molecular weight is 769 g/mol. The maximum Gasteiger partial charge on any atom is 0.415 e. The third-order valence-corrected chi connectivity index (χ3v) is 12.7. The van der Waals surface area contributed by atoms with Crippen molar-refractivity contribution in [1.82, 2.24) is 15.1 Å². The number of hydrogen-bond acceptors (Lipinski definition) is 11. The molecule has 2 fully saturated rings. The van der Waals surface area contributed by atoms with Crippen molar-refractivity contribution in [3.8, 4) is 11.5 Å². The molecule has 0 aromatic heterocycles. The van der Waals surface area contributed by atoms with E-state index in [-0.39, 0.29) is 41.6 Å². The summed E-state index contributed by atoms with van der Waals surface area (Å²) in [7, 11) is 3.80. The second-order valence-electron chi connectivity index (χ2n) is 16.3. The molecule has 2 aliphatic heterocycles. The molecule has 55 heavy (non-hydrogen) atoms. The Balaban J connectivity index is 1.25. The number of unbranched alkanes of at least 4 members (excludes halogenated alkanes) is 3. The number of nitrogens with zero attached hydrogens (tertiary/aromatic N) is 2. The fraction of sp³-hybridized carbons (Fsp3) is 0.738. The number of carbonyl (C=O) groups excluding carboxylic acids is 5. The third kappa shape index (κ3) is 9.60. The molecule has 2 bridgehead atoms. The highest BCUT2D eigenvalue weighted by atomic mass is 16.6. The number of carbonyl (C=O) groups is 5. The van der Waals surface area contributed by atoms with Gasteiger partial charge in [0.05, 0.1) is 24.7 Å². The van der Waals surface area contributed by atoms with Crippen LogP contribution < -0.4 is 20.5 Å². The fourth-order valence-electron chi connectivity index (χ4n) is 9.73. The number of ketones is 3. The molecule has 1 aromatic rings. The molecule has 2 heterocycles. The highest BCUT2D eigenvalue weighted by Gasteiger charge is 2.71. The van der Waals surface area contributed by atoms with E-state index in [4.69, 9.17) is 24.7 Å². The lowest BCUT2D eigenvalue weighted by molar-refractivity contribution is -0.150. The molecule has 1 spiro atoms. The van der Waals surface area contributed by atoms with E-state index in [1.165, 1.54) is 6.92 Å². The second kappa shape index (κ2) is 19.7. The van der Waals surface area contributed by atoms with Gasteiger partial charge in [-0.05, 0) is 101 Å². The van der Waals surface area contributed by atoms with Crippen LogP contribution in [0, 0.1) is 5.41 Å². The van der Waals surface area contributed by atoms with Gasteiger partial charge in [0.2, 0.25) is 5.91 Å². The Morgan fingerprint density at radius 1 is 1.00 bits per heavy atom. The third-order valence-electron chi connectivity index (χ3n) is 12.7. The number of rotatable bonds is 24. The number of likely N-dealkylation sites (tertiary alicyclic amines) is 1. The van der Waals surface area contributed by atoms with Gasteiger partial charge < -0.3 is 39.8 Å². The van der Waals surface area contributed by atoms with Gasteiger partial charge in [0.1, 0.15) is 5.78 Å². The van der Waals surface area contributed by atoms with Crippen LogP contribution in [0.3, 0.4) is 0 Å². The lowest BCUT2D eigenvalue weighted by Crippen LogP contribution is -2.70. The Morgan fingerprint density at radius 3 is 2.55 bits per heavy atom. The first-order chi connectivity index (χ1) is 26.5. The van der Waals surface area contributed by atoms with E-state index in [1.54, 1.807) is 18.1 Å². The Morgan fingerprint density at radius 2 is 1.78 bits per heavy atom. The van der Waals surface area contributed by atoms with Gasteiger partial charge in [-0.15, -0.1) is 0 Å². The summed E-state index contributed by atoms with van der Waals surface area (Å²) in [6, 6.07) is 3.55. The molecule has 3 N–H and O–H groups in total. The first kappa shape index (κ1) is 42.7. The summed E-state index contributed by atoms with van der Waals surface area (Å²) in [5.41, 5.74) is 7.26. The van der Waals surface area contributed by atoms with Crippen molar-refractivity contribution in [3.05, 3.63) is 23.3 Å². The summed E-state index contributed by atoms with van der Waals surface area (Å²) in [4.78, 5) is 69.1. The molecule has 13 heteroatoms.